The number of aromatic amines is 1. The zero-order valence-electron chi connectivity index (χ0n) is 9.26. The summed E-state index contributed by atoms with van der Waals surface area (Å²) in [6.45, 7) is -0.245. The van der Waals surface area contributed by atoms with Crippen molar-refractivity contribution in [2.24, 2.45) is 0 Å². The molecule has 0 spiro atoms. The number of hydrogen-bond acceptors (Lipinski definition) is 6. The Hall–Kier alpha value is -1.78. The number of sulfonamides is 1. The molecule has 0 bridgehead atoms. The molecule has 0 radical (unpaired) electrons. The van der Waals surface area contributed by atoms with Gasteiger partial charge in [-0.2, -0.15) is 5.21 Å². The van der Waals surface area contributed by atoms with E-state index in [1.807, 2.05) is 0 Å². The quantitative estimate of drug-likeness (QED) is 0.685. The lowest BCUT2D eigenvalue weighted by molar-refractivity contribution is 0.556. The largest absolute Gasteiger partial charge is 0.399 e. The lowest BCUT2D eigenvalue weighted by atomic mass is 10.3. The monoisotopic (exact) mass is 306 g/mol. The normalized spacial score (nSPS) is 11.7. The molecule has 0 amide bonds. The third-order valence-electron chi connectivity index (χ3n) is 2.12. The maximum Gasteiger partial charge on any atom is 0.244 e. The molecule has 4 N–H and O–H groups in total. The van der Waals surface area contributed by atoms with Gasteiger partial charge in [-0.1, -0.05) is 16.8 Å². The van der Waals surface area contributed by atoms with Gasteiger partial charge in [-0.25, -0.2) is 17.5 Å². The lowest BCUT2D eigenvalue weighted by Gasteiger charge is -2.08. The first-order chi connectivity index (χ1) is 8.90. The maximum absolute atomic E-state index is 13.7. The molecule has 0 saturated carbocycles. The number of benzene rings is 1. The topological polar surface area (TPSA) is 127 Å². The Morgan fingerprint density at radius 1 is 1.47 bits per heavy atom. The van der Waals surface area contributed by atoms with Gasteiger partial charge in [-0.15, -0.1) is 10.2 Å². The van der Waals surface area contributed by atoms with Crippen molar-refractivity contribution in [3.8, 4) is 0 Å². The highest BCUT2D eigenvalue weighted by Crippen LogP contribution is 2.25. The van der Waals surface area contributed by atoms with Gasteiger partial charge in [-0.05, 0) is 12.1 Å². The summed E-state index contributed by atoms with van der Waals surface area (Å²) in [5.74, 6) is -0.963. The molecule has 19 heavy (non-hydrogen) atoms. The minimum atomic E-state index is -4.12. The van der Waals surface area contributed by atoms with E-state index in [2.05, 4.69) is 25.3 Å². The minimum Gasteiger partial charge on any atom is -0.399 e. The predicted octanol–water partition coefficient (Wildman–Crippen LogP) is 0.0529. The molecule has 0 unspecified atom stereocenters. The van der Waals surface area contributed by atoms with Crippen molar-refractivity contribution in [2.75, 3.05) is 5.73 Å². The zero-order chi connectivity index (χ0) is 14.0. The van der Waals surface area contributed by atoms with Crippen LogP contribution in [0.2, 0.25) is 5.02 Å². The fourth-order valence-corrected chi connectivity index (χ4v) is 2.67. The van der Waals surface area contributed by atoms with Crippen LogP contribution in [0.4, 0.5) is 10.1 Å². The first-order valence-corrected chi connectivity index (χ1v) is 6.73. The predicted molar refractivity (Wildman–Crippen MR) is 64.0 cm³/mol. The molecule has 0 fully saturated rings. The summed E-state index contributed by atoms with van der Waals surface area (Å²) < 4.78 is 39.6. The van der Waals surface area contributed by atoms with E-state index in [-0.39, 0.29) is 23.1 Å². The third-order valence-corrected chi connectivity index (χ3v) is 3.79. The highest BCUT2D eigenvalue weighted by atomic mass is 35.5. The Bertz CT molecular complexity index is 690. The fraction of sp³-hybridized carbons (Fsp3) is 0.125. The number of nitrogens with two attached hydrogens (primary N) is 1. The minimum absolute atomic E-state index is 0.0336. The van der Waals surface area contributed by atoms with Crippen LogP contribution < -0.4 is 10.5 Å². The van der Waals surface area contributed by atoms with Gasteiger partial charge in [0.15, 0.2) is 11.6 Å². The van der Waals surface area contributed by atoms with Gasteiger partial charge >= 0.3 is 0 Å². The van der Waals surface area contributed by atoms with E-state index in [1.54, 1.807) is 0 Å². The molecule has 8 nitrogen and oxygen atoms in total. The number of hydrogen-bond donors (Lipinski definition) is 3. The summed E-state index contributed by atoms with van der Waals surface area (Å²) in [6, 6.07) is 2.09. The van der Waals surface area contributed by atoms with Gasteiger partial charge in [0.1, 0.15) is 4.90 Å². The lowest BCUT2D eigenvalue weighted by Crippen LogP contribution is -2.25. The highest BCUT2D eigenvalue weighted by molar-refractivity contribution is 7.89. The molecular formula is C8H8ClFN6O2S. The number of nitrogens with zero attached hydrogens (tertiary/aromatic N) is 3. The van der Waals surface area contributed by atoms with Gasteiger partial charge in [0.05, 0.1) is 11.6 Å². The number of aromatic nitrogens is 4. The van der Waals surface area contributed by atoms with Crippen LogP contribution in [-0.2, 0) is 16.6 Å². The van der Waals surface area contributed by atoms with Crippen molar-refractivity contribution in [1.82, 2.24) is 25.3 Å². The molecule has 0 aliphatic heterocycles. The van der Waals surface area contributed by atoms with Crippen LogP contribution >= 0.6 is 11.6 Å². The summed E-state index contributed by atoms with van der Waals surface area (Å²) in [6.07, 6.45) is 0. The Kier molecular flexibility index (Phi) is 3.64. The van der Waals surface area contributed by atoms with Crippen LogP contribution in [0.25, 0.3) is 0 Å². The number of halogens is 2. The maximum atomic E-state index is 13.7. The SMILES string of the molecule is Nc1cc(Cl)c(F)c(S(=O)(=O)NCc2nn[nH]n2)c1. The molecule has 0 aliphatic carbocycles. The highest BCUT2D eigenvalue weighted by Gasteiger charge is 2.22. The van der Waals surface area contributed by atoms with Crippen molar-refractivity contribution in [3.63, 3.8) is 0 Å². The van der Waals surface area contributed by atoms with Crippen molar-refractivity contribution in [3.05, 3.63) is 28.8 Å². The number of nitrogens with one attached hydrogen (secondary N) is 2. The van der Waals surface area contributed by atoms with Crippen molar-refractivity contribution in [1.29, 1.82) is 0 Å². The molecule has 0 aliphatic rings. The number of rotatable bonds is 4. The molecule has 0 atom stereocenters. The van der Waals surface area contributed by atoms with E-state index in [0.29, 0.717) is 0 Å². The second-order valence-electron chi connectivity index (χ2n) is 3.47. The molecule has 1 aromatic heterocycles. The van der Waals surface area contributed by atoms with E-state index >= 15 is 0 Å². The van der Waals surface area contributed by atoms with E-state index in [0.717, 1.165) is 12.1 Å². The molecule has 0 saturated heterocycles. The van der Waals surface area contributed by atoms with Crippen LogP contribution in [0, 0.1) is 5.82 Å². The number of tetrazole rings is 1. The van der Waals surface area contributed by atoms with Crippen LogP contribution in [0.1, 0.15) is 5.82 Å². The second-order valence-corrected chi connectivity index (χ2v) is 5.61. The van der Waals surface area contributed by atoms with E-state index in [9.17, 15) is 12.8 Å². The molecule has 102 valence electrons. The first-order valence-electron chi connectivity index (χ1n) is 4.86. The van der Waals surface area contributed by atoms with Crippen LogP contribution in [0.15, 0.2) is 17.0 Å². The van der Waals surface area contributed by atoms with E-state index in [1.165, 1.54) is 0 Å². The third kappa shape index (κ3) is 2.97. The smallest absolute Gasteiger partial charge is 0.244 e. The van der Waals surface area contributed by atoms with E-state index < -0.39 is 20.7 Å². The average Bonchev–Trinajstić information content (AvgIpc) is 2.84. The Labute approximate surface area is 112 Å². The fourth-order valence-electron chi connectivity index (χ4n) is 1.27. The average molecular weight is 307 g/mol. The van der Waals surface area contributed by atoms with Gasteiger partial charge in [0.2, 0.25) is 10.0 Å². The first kappa shape index (κ1) is 13.6. The number of H-pyrrole nitrogens is 1. The van der Waals surface area contributed by atoms with Crippen LogP contribution in [0.3, 0.4) is 0 Å². The molecular weight excluding hydrogens is 299 g/mol. The van der Waals surface area contributed by atoms with Crippen LogP contribution in [-0.4, -0.2) is 29.0 Å². The van der Waals surface area contributed by atoms with Gasteiger partial charge in [0, 0.05) is 5.69 Å². The summed E-state index contributed by atoms with van der Waals surface area (Å²) in [5, 5.41) is 12.1. The summed E-state index contributed by atoms with van der Waals surface area (Å²) in [7, 11) is -4.12. The number of nitrogen functional groups attached to an aromatic ring is 1. The van der Waals surface area contributed by atoms with Gasteiger partial charge < -0.3 is 5.73 Å². The molecule has 11 heteroatoms. The second kappa shape index (κ2) is 5.07. The Morgan fingerprint density at radius 3 is 2.84 bits per heavy atom. The summed E-state index contributed by atoms with van der Waals surface area (Å²) >= 11 is 5.54. The Morgan fingerprint density at radius 2 is 2.21 bits per heavy atom. The van der Waals surface area contributed by atoms with Crippen molar-refractivity contribution in [2.45, 2.75) is 11.4 Å². The Balaban J connectivity index is 2.29. The van der Waals surface area contributed by atoms with Gasteiger partial charge in [-0.3, -0.25) is 0 Å². The number of anilines is 1. The van der Waals surface area contributed by atoms with Gasteiger partial charge in [0.25, 0.3) is 0 Å². The van der Waals surface area contributed by atoms with Crippen molar-refractivity contribution >= 4 is 27.3 Å². The molecule has 2 rings (SSSR count). The standard InChI is InChI=1S/C8H8ClFN6O2S/c9-5-1-4(11)2-6(8(5)10)19(17,18)12-3-7-13-15-16-14-7/h1-2,12H,3,11H2,(H,13,14,15,16). The van der Waals surface area contributed by atoms with Crippen molar-refractivity contribution < 1.29 is 12.8 Å². The van der Waals surface area contributed by atoms with Crippen LogP contribution in [0.5, 0.6) is 0 Å². The molecule has 1 heterocycles. The molecule has 2 aromatic rings. The zero-order valence-corrected chi connectivity index (χ0v) is 10.8. The summed E-state index contributed by atoms with van der Waals surface area (Å²) in [5.41, 5.74) is 5.47. The molecule has 1 aromatic carbocycles. The van der Waals surface area contributed by atoms with E-state index in [4.69, 9.17) is 17.3 Å². The summed E-state index contributed by atoms with van der Waals surface area (Å²) in [4.78, 5) is -0.638.